The standard InChI is InChI=1S/C33H44N6O5S/c1-7-37(8-2)31-34-21-27(39(9-3)29(40)24-16-19-45-22-24)28(36-31)35-26(30(41)44-33(4,5)6)20-23-12-14-25(15-13-23)43-32(42)38-17-10-11-18-38/h12-16,19,21-22,26H,7-11,17-18,20H2,1-6H3,(H,34,35,36)/t26-/m1/s1. The van der Waals surface area contributed by atoms with E-state index >= 15 is 0 Å². The minimum atomic E-state index is -0.851. The Labute approximate surface area is 269 Å². The van der Waals surface area contributed by atoms with E-state index in [2.05, 4.69) is 10.3 Å². The number of amides is 2. The molecule has 11 nitrogen and oxygen atoms in total. The topological polar surface area (TPSA) is 117 Å². The van der Waals surface area contributed by atoms with Gasteiger partial charge in [-0.05, 0) is 83.5 Å². The number of likely N-dealkylation sites (tertiary alicyclic amines) is 1. The van der Waals surface area contributed by atoms with Gasteiger partial charge in [-0.2, -0.15) is 16.3 Å². The minimum Gasteiger partial charge on any atom is -0.458 e. The van der Waals surface area contributed by atoms with Crippen molar-refractivity contribution in [3.8, 4) is 5.75 Å². The van der Waals surface area contributed by atoms with Gasteiger partial charge in [-0.1, -0.05) is 12.1 Å². The van der Waals surface area contributed by atoms with E-state index in [1.807, 2.05) is 64.0 Å². The molecule has 0 radical (unpaired) electrons. The van der Waals surface area contributed by atoms with Crippen LogP contribution in [0.3, 0.4) is 0 Å². The number of ether oxygens (including phenoxy) is 2. The van der Waals surface area contributed by atoms with E-state index in [4.69, 9.17) is 14.5 Å². The molecule has 0 saturated carbocycles. The Morgan fingerprint density at radius 2 is 1.71 bits per heavy atom. The zero-order valence-electron chi connectivity index (χ0n) is 27.0. The Bertz CT molecular complexity index is 1430. The second-order valence-corrected chi connectivity index (χ2v) is 12.6. The highest BCUT2D eigenvalue weighted by Crippen LogP contribution is 2.29. The van der Waals surface area contributed by atoms with Gasteiger partial charge in [-0.3, -0.25) is 4.79 Å². The summed E-state index contributed by atoms with van der Waals surface area (Å²) in [5.74, 6) is 0.619. The molecule has 3 aromatic rings. The van der Waals surface area contributed by atoms with Gasteiger partial charge in [0.05, 0.1) is 11.8 Å². The van der Waals surface area contributed by atoms with Crippen LogP contribution in [0.2, 0.25) is 0 Å². The Hall–Kier alpha value is -4.19. The summed E-state index contributed by atoms with van der Waals surface area (Å²) in [6.45, 7) is 14.5. The van der Waals surface area contributed by atoms with E-state index in [0.717, 1.165) is 18.4 Å². The van der Waals surface area contributed by atoms with Crippen molar-refractivity contribution in [2.75, 3.05) is 47.8 Å². The van der Waals surface area contributed by atoms with Crippen molar-refractivity contribution >= 4 is 46.8 Å². The number of carbonyl (C=O) groups is 3. The molecule has 242 valence electrons. The van der Waals surface area contributed by atoms with Crippen LogP contribution in [0, 0.1) is 0 Å². The lowest BCUT2D eigenvalue weighted by Crippen LogP contribution is -2.39. The number of thiophene rings is 1. The zero-order chi connectivity index (χ0) is 32.6. The first kappa shape index (κ1) is 33.7. The average Bonchev–Trinajstić information content (AvgIpc) is 3.74. The molecule has 45 heavy (non-hydrogen) atoms. The monoisotopic (exact) mass is 636 g/mol. The van der Waals surface area contributed by atoms with Crippen LogP contribution in [0.15, 0.2) is 47.3 Å². The summed E-state index contributed by atoms with van der Waals surface area (Å²) in [6.07, 6.45) is 3.49. The first-order valence-corrected chi connectivity index (χ1v) is 16.5. The lowest BCUT2D eigenvalue weighted by atomic mass is 10.0. The number of carbonyl (C=O) groups excluding carboxylic acids is 3. The van der Waals surface area contributed by atoms with E-state index in [9.17, 15) is 14.4 Å². The van der Waals surface area contributed by atoms with Crippen molar-refractivity contribution < 1.29 is 23.9 Å². The molecule has 4 rings (SSSR count). The highest BCUT2D eigenvalue weighted by atomic mass is 32.1. The molecule has 1 aromatic carbocycles. The molecule has 0 spiro atoms. The highest BCUT2D eigenvalue weighted by Gasteiger charge is 2.29. The normalized spacial score (nSPS) is 13.7. The van der Waals surface area contributed by atoms with Crippen LogP contribution in [0.4, 0.5) is 22.2 Å². The Kier molecular flexibility index (Phi) is 11.4. The third-order valence-corrected chi connectivity index (χ3v) is 8.04. The molecule has 1 aliphatic heterocycles. The maximum atomic E-state index is 13.6. The third kappa shape index (κ3) is 8.93. The first-order valence-electron chi connectivity index (χ1n) is 15.5. The molecular weight excluding hydrogens is 592 g/mol. The van der Waals surface area contributed by atoms with E-state index in [1.54, 1.807) is 39.6 Å². The van der Waals surface area contributed by atoms with Crippen LogP contribution < -0.4 is 19.9 Å². The molecule has 1 N–H and O–H groups in total. The highest BCUT2D eigenvalue weighted by molar-refractivity contribution is 7.08. The fraction of sp³-hybridized carbons (Fsp3) is 0.485. The van der Waals surface area contributed by atoms with Gasteiger partial charge in [0, 0.05) is 44.5 Å². The molecule has 0 aliphatic carbocycles. The first-order chi connectivity index (χ1) is 21.5. The maximum absolute atomic E-state index is 13.6. The summed E-state index contributed by atoms with van der Waals surface area (Å²) in [5.41, 5.74) is 1.12. The summed E-state index contributed by atoms with van der Waals surface area (Å²) in [5, 5.41) is 6.99. The van der Waals surface area contributed by atoms with Gasteiger partial charge in [0.2, 0.25) is 5.95 Å². The summed E-state index contributed by atoms with van der Waals surface area (Å²) < 4.78 is 11.4. The number of rotatable bonds is 12. The van der Waals surface area contributed by atoms with Crippen LogP contribution in [-0.2, 0) is 16.0 Å². The van der Waals surface area contributed by atoms with Crippen LogP contribution in [-0.4, -0.2) is 77.2 Å². The van der Waals surface area contributed by atoms with Gasteiger partial charge in [0.25, 0.3) is 5.91 Å². The van der Waals surface area contributed by atoms with Gasteiger partial charge in [0.15, 0.2) is 5.82 Å². The molecule has 1 fully saturated rings. The van der Waals surface area contributed by atoms with Crippen LogP contribution >= 0.6 is 11.3 Å². The van der Waals surface area contributed by atoms with E-state index < -0.39 is 17.6 Å². The van der Waals surface area contributed by atoms with Crippen molar-refractivity contribution in [3.63, 3.8) is 0 Å². The summed E-state index contributed by atoms with van der Waals surface area (Å²) in [4.78, 5) is 54.3. The quantitative estimate of drug-likeness (QED) is 0.239. The molecule has 3 heterocycles. The van der Waals surface area contributed by atoms with Gasteiger partial charge >= 0.3 is 12.1 Å². The Balaban J connectivity index is 1.66. The number of benzene rings is 1. The van der Waals surface area contributed by atoms with Crippen molar-refractivity contribution in [2.24, 2.45) is 0 Å². The maximum Gasteiger partial charge on any atom is 0.415 e. The summed E-state index contributed by atoms with van der Waals surface area (Å²) in [7, 11) is 0. The second kappa shape index (κ2) is 15.2. The van der Waals surface area contributed by atoms with Gasteiger partial charge in [-0.15, -0.1) is 0 Å². The van der Waals surface area contributed by atoms with E-state index in [-0.39, 0.29) is 18.4 Å². The number of hydrogen-bond acceptors (Lipinski definition) is 10. The summed E-state index contributed by atoms with van der Waals surface area (Å²) >= 11 is 1.45. The largest absolute Gasteiger partial charge is 0.458 e. The molecule has 0 unspecified atom stereocenters. The second-order valence-electron chi connectivity index (χ2n) is 11.8. The van der Waals surface area contributed by atoms with E-state index in [0.29, 0.717) is 61.5 Å². The van der Waals surface area contributed by atoms with Crippen LogP contribution in [0.5, 0.6) is 5.75 Å². The molecule has 0 bridgehead atoms. The fourth-order valence-corrected chi connectivity index (χ4v) is 5.65. The summed E-state index contributed by atoms with van der Waals surface area (Å²) in [6, 6.07) is 8.03. The van der Waals surface area contributed by atoms with Crippen molar-refractivity contribution in [2.45, 2.75) is 72.4 Å². The number of aromatic nitrogens is 2. The van der Waals surface area contributed by atoms with E-state index in [1.165, 1.54) is 11.3 Å². The van der Waals surface area contributed by atoms with Crippen LogP contribution in [0.25, 0.3) is 0 Å². The Morgan fingerprint density at radius 1 is 1.02 bits per heavy atom. The van der Waals surface area contributed by atoms with Crippen LogP contribution in [0.1, 0.15) is 70.3 Å². The number of anilines is 3. The third-order valence-electron chi connectivity index (χ3n) is 7.36. The molecule has 2 amide bonds. The van der Waals surface area contributed by atoms with Crippen molar-refractivity contribution in [1.29, 1.82) is 0 Å². The lowest BCUT2D eigenvalue weighted by Gasteiger charge is -2.28. The van der Waals surface area contributed by atoms with Crippen molar-refractivity contribution in [1.82, 2.24) is 14.9 Å². The van der Waals surface area contributed by atoms with Gasteiger partial charge in [-0.25, -0.2) is 14.6 Å². The number of nitrogens with zero attached hydrogens (tertiary/aromatic N) is 5. The SMILES string of the molecule is CCN(CC)c1ncc(N(CC)C(=O)c2ccsc2)c(N[C@H](Cc2ccc(OC(=O)N3CCCC3)cc2)C(=O)OC(C)(C)C)n1. The predicted molar refractivity (Wildman–Crippen MR) is 177 cm³/mol. The molecule has 1 saturated heterocycles. The molecule has 1 aliphatic rings. The minimum absolute atomic E-state index is 0.186. The van der Waals surface area contributed by atoms with Crippen molar-refractivity contribution in [3.05, 3.63) is 58.4 Å². The fourth-order valence-electron chi connectivity index (χ4n) is 5.02. The predicted octanol–water partition coefficient (Wildman–Crippen LogP) is 6.01. The average molecular weight is 637 g/mol. The molecule has 1 atom stereocenters. The zero-order valence-corrected chi connectivity index (χ0v) is 27.9. The smallest absolute Gasteiger partial charge is 0.415 e. The lowest BCUT2D eigenvalue weighted by molar-refractivity contribution is -0.155. The molecular formula is C33H44N6O5S. The number of hydrogen-bond donors (Lipinski definition) is 1. The Morgan fingerprint density at radius 3 is 2.29 bits per heavy atom. The number of nitrogens with one attached hydrogen (secondary N) is 1. The van der Waals surface area contributed by atoms with Gasteiger partial charge in [0.1, 0.15) is 23.1 Å². The molecule has 2 aromatic heterocycles. The van der Waals surface area contributed by atoms with Gasteiger partial charge < -0.3 is 29.5 Å². The number of esters is 1. The molecule has 12 heteroatoms.